The number of aromatic nitrogens is 1. The van der Waals surface area contributed by atoms with Crippen LogP contribution < -0.4 is 11.3 Å². The lowest BCUT2D eigenvalue weighted by atomic mass is 9.98. The predicted octanol–water partition coefficient (Wildman–Crippen LogP) is 1.73. The second-order valence-corrected chi connectivity index (χ2v) is 3.82. The number of hydrogen-bond donors (Lipinski definition) is 2. The van der Waals surface area contributed by atoms with Gasteiger partial charge in [-0.25, -0.2) is 0 Å². The van der Waals surface area contributed by atoms with Crippen molar-refractivity contribution in [1.82, 2.24) is 4.98 Å². The third-order valence-corrected chi connectivity index (χ3v) is 2.67. The number of benzene rings is 1. The molecule has 1 aromatic heterocycles. The van der Waals surface area contributed by atoms with Crippen LogP contribution >= 0.6 is 0 Å². The van der Waals surface area contributed by atoms with E-state index >= 15 is 0 Å². The molecule has 0 radical (unpaired) electrons. The molecule has 0 fully saturated rings. The second kappa shape index (κ2) is 4.33. The Bertz CT molecular complexity index is 531. The number of rotatable bonds is 2. The highest BCUT2D eigenvalue weighted by Crippen LogP contribution is 2.20. The fourth-order valence-corrected chi connectivity index (χ4v) is 1.76. The molecule has 82 valence electrons. The molecule has 0 saturated heterocycles. The molecule has 0 aliphatic heterocycles. The van der Waals surface area contributed by atoms with Crippen molar-refractivity contribution in [3.05, 3.63) is 69.6 Å². The normalized spacial score (nSPS) is 12.4. The summed E-state index contributed by atoms with van der Waals surface area (Å²) in [6.07, 6.45) is 1.69. The molecule has 2 aromatic rings. The van der Waals surface area contributed by atoms with Crippen LogP contribution in [0.1, 0.15) is 22.7 Å². The van der Waals surface area contributed by atoms with Gasteiger partial charge < -0.3 is 10.7 Å². The van der Waals surface area contributed by atoms with E-state index in [0.29, 0.717) is 0 Å². The van der Waals surface area contributed by atoms with Gasteiger partial charge in [0.15, 0.2) is 0 Å². The largest absolute Gasteiger partial charge is 0.329 e. The molecule has 1 heterocycles. The van der Waals surface area contributed by atoms with E-state index in [-0.39, 0.29) is 11.6 Å². The Labute approximate surface area is 93.9 Å². The van der Waals surface area contributed by atoms with Crippen molar-refractivity contribution in [2.75, 3.05) is 0 Å². The Morgan fingerprint density at radius 1 is 1.25 bits per heavy atom. The van der Waals surface area contributed by atoms with Gasteiger partial charge in [0, 0.05) is 12.3 Å². The first kappa shape index (κ1) is 10.6. The molecule has 0 saturated carbocycles. The first-order chi connectivity index (χ1) is 7.68. The van der Waals surface area contributed by atoms with E-state index < -0.39 is 0 Å². The lowest BCUT2D eigenvalue weighted by Crippen LogP contribution is -2.16. The van der Waals surface area contributed by atoms with E-state index in [0.717, 1.165) is 16.7 Å². The standard InChI is InChI=1S/C13H14N2O/c1-9-7-12(16)15-8-11(9)13(14)10-5-3-2-4-6-10/h2-8,13H,14H2,1H3,(H,15,16)/t13-/m0/s1. The second-order valence-electron chi connectivity index (χ2n) is 3.82. The average molecular weight is 214 g/mol. The van der Waals surface area contributed by atoms with E-state index in [1.54, 1.807) is 12.3 Å². The van der Waals surface area contributed by atoms with Gasteiger partial charge in [0.05, 0.1) is 6.04 Å². The van der Waals surface area contributed by atoms with Crippen LogP contribution in [0, 0.1) is 6.92 Å². The summed E-state index contributed by atoms with van der Waals surface area (Å²) in [6, 6.07) is 11.2. The van der Waals surface area contributed by atoms with Crippen LogP contribution in [0.2, 0.25) is 0 Å². The Kier molecular flexibility index (Phi) is 2.88. The number of aryl methyl sites for hydroxylation is 1. The Morgan fingerprint density at radius 3 is 2.56 bits per heavy atom. The van der Waals surface area contributed by atoms with Gasteiger partial charge in [0.1, 0.15) is 0 Å². The maximum atomic E-state index is 11.1. The zero-order valence-corrected chi connectivity index (χ0v) is 9.10. The van der Waals surface area contributed by atoms with Gasteiger partial charge in [0.25, 0.3) is 0 Å². The first-order valence-electron chi connectivity index (χ1n) is 5.18. The van der Waals surface area contributed by atoms with Crippen LogP contribution in [-0.4, -0.2) is 4.98 Å². The topological polar surface area (TPSA) is 58.9 Å². The molecule has 1 atom stereocenters. The number of nitrogens with one attached hydrogen (secondary N) is 1. The lowest BCUT2D eigenvalue weighted by molar-refractivity contribution is 0.850. The summed E-state index contributed by atoms with van der Waals surface area (Å²) in [5.74, 6) is 0. The van der Waals surface area contributed by atoms with Gasteiger partial charge in [0.2, 0.25) is 5.56 Å². The van der Waals surface area contributed by atoms with Crippen molar-refractivity contribution < 1.29 is 0 Å². The number of H-pyrrole nitrogens is 1. The van der Waals surface area contributed by atoms with Gasteiger partial charge in [-0.2, -0.15) is 0 Å². The monoisotopic (exact) mass is 214 g/mol. The molecule has 0 aliphatic rings. The van der Waals surface area contributed by atoms with Crippen LogP contribution in [0.25, 0.3) is 0 Å². The van der Waals surface area contributed by atoms with Gasteiger partial charge in [-0.15, -0.1) is 0 Å². The molecule has 0 unspecified atom stereocenters. The van der Waals surface area contributed by atoms with E-state index in [9.17, 15) is 4.79 Å². The minimum Gasteiger partial charge on any atom is -0.329 e. The molecule has 1 aromatic carbocycles. The molecule has 0 aliphatic carbocycles. The first-order valence-corrected chi connectivity index (χ1v) is 5.18. The van der Waals surface area contributed by atoms with Crippen LogP contribution in [-0.2, 0) is 0 Å². The summed E-state index contributed by atoms with van der Waals surface area (Å²) in [6.45, 7) is 1.90. The maximum Gasteiger partial charge on any atom is 0.248 e. The van der Waals surface area contributed by atoms with E-state index in [1.807, 2.05) is 37.3 Å². The Balaban J connectivity index is 2.42. The molecule has 0 bridgehead atoms. The summed E-state index contributed by atoms with van der Waals surface area (Å²) in [5.41, 5.74) is 8.96. The van der Waals surface area contributed by atoms with Gasteiger partial charge in [-0.1, -0.05) is 30.3 Å². The van der Waals surface area contributed by atoms with Gasteiger partial charge in [-0.05, 0) is 23.6 Å². The lowest BCUT2D eigenvalue weighted by Gasteiger charge is -2.14. The molecular formula is C13H14N2O. The molecule has 3 N–H and O–H groups in total. The van der Waals surface area contributed by atoms with Crippen molar-refractivity contribution in [3.63, 3.8) is 0 Å². The average Bonchev–Trinajstić information content (AvgIpc) is 2.29. The number of aromatic amines is 1. The highest BCUT2D eigenvalue weighted by Gasteiger charge is 2.10. The van der Waals surface area contributed by atoms with Crippen molar-refractivity contribution >= 4 is 0 Å². The molecular weight excluding hydrogens is 200 g/mol. The number of nitrogens with two attached hydrogens (primary N) is 1. The molecule has 2 rings (SSSR count). The van der Waals surface area contributed by atoms with Crippen molar-refractivity contribution in [2.24, 2.45) is 5.73 Å². The summed E-state index contributed by atoms with van der Waals surface area (Å²) in [7, 11) is 0. The summed E-state index contributed by atoms with van der Waals surface area (Å²) in [4.78, 5) is 13.8. The van der Waals surface area contributed by atoms with Crippen molar-refractivity contribution in [1.29, 1.82) is 0 Å². The molecule has 0 spiro atoms. The third-order valence-electron chi connectivity index (χ3n) is 2.67. The highest BCUT2D eigenvalue weighted by atomic mass is 16.1. The van der Waals surface area contributed by atoms with Crippen LogP contribution in [0.3, 0.4) is 0 Å². The van der Waals surface area contributed by atoms with Gasteiger partial charge in [-0.3, -0.25) is 4.79 Å². The minimum atomic E-state index is -0.196. The predicted molar refractivity (Wildman–Crippen MR) is 64.3 cm³/mol. The SMILES string of the molecule is Cc1cc(=O)[nH]cc1[C@@H](N)c1ccccc1. The quantitative estimate of drug-likeness (QED) is 0.799. The molecule has 3 heteroatoms. The van der Waals surface area contributed by atoms with Crippen LogP contribution in [0.4, 0.5) is 0 Å². The minimum absolute atomic E-state index is 0.0958. The fraction of sp³-hybridized carbons (Fsp3) is 0.154. The fourth-order valence-electron chi connectivity index (χ4n) is 1.76. The Morgan fingerprint density at radius 2 is 1.94 bits per heavy atom. The van der Waals surface area contributed by atoms with Crippen LogP contribution in [0.5, 0.6) is 0 Å². The summed E-state index contributed by atoms with van der Waals surface area (Å²) >= 11 is 0. The van der Waals surface area contributed by atoms with Crippen molar-refractivity contribution in [3.8, 4) is 0 Å². The van der Waals surface area contributed by atoms with Gasteiger partial charge >= 0.3 is 0 Å². The van der Waals surface area contributed by atoms with Crippen LogP contribution in [0.15, 0.2) is 47.4 Å². The zero-order valence-electron chi connectivity index (χ0n) is 9.10. The zero-order chi connectivity index (χ0) is 11.5. The number of pyridine rings is 1. The molecule has 16 heavy (non-hydrogen) atoms. The van der Waals surface area contributed by atoms with E-state index in [1.165, 1.54) is 0 Å². The smallest absolute Gasteiger partial charge is 0.248 e. The summed E-state index contributed by atoms with van der Waals surface area (Å²) in [5, 5.41) is 0. The van der Waals surface area contributed by atoms with E-state index in [2.05, 4.69) is 4.98 Å². The molecule has 0 amide bonds. The Hall–Kier alpha value is -1.87. The summed E-state index contributed by atoms with van der Waals surface area (Å²) < 4.78 is 0. The maximum absolute atomic E-state index is 11.1. The van der Waals surface area contributed by atoms with Crippen molar-refractivity contribution in [2.45, 2.75) is 13.0 Å². The highest BCUT2D eigenvalue weighted by molar-refractivity contribution is 5.34. The van der Waals surface area contributed by atoms with E-state index in [4.69, 9.17) is 5.73 Å². The third kappa shape index (κ3) is 2.04. The molecule has 3 nitrogen and oxygen atoms in total. The number of hydrogen-bond acceptors (Lipinski definition) is 2.